The highest BCUT2D eigenvalue weighted by Gasteiger charge is 2.05. The fraction of sp³-hybridized carbons (Fsp3) is 0.231. The van der Waals surface area contributed by atoms with E-state index >= 15 is 0 Å². The van der Waals surface area contributed by atoms with Crippen LogP contribution in [-0.2, 0) is 6.54 Å². The van der Waals surface area contributed by atoms with Gasteiger partial charge in [-0.15, -0.1) is 0 Å². The lowest BCUT2D eigenvalue weighted by Gasteiger charge is -2.10. The quantitative estimate of drug-likeness (QED) is 0.568. The molecule has 0 spiro atoms. The molecule has 2 aromatic rings. The molecule has 0 saturated heterocycles. The van der Waals surface area contributed by atoms with E-state index in [0.29, 0.717) is 12.2 Å². The molecule has 0 aliphatic carbocycles. The van der Waals surface area contributed by atoms with E-state index in [-0.39, 0.29) is 5.75 Å². The van der Waals surface area contributed by atoms with Crippen molar-refractivity contribution in [3.63, 3.8) is 0 Å². The summed E-state index contributed by atoms with van der Waals surface area (Å²) in [7, 11) is 0. The van der Waals surface area contributed by atoms with E-state index in [4.69, 9.17) is 5.73 Å². The number of anilines is 2. The number of aromatic hydroxyl groups is 1. The van der Waals surface area contributed by atoms with Gasteiger partial charge < -0.3 is 16.2 Å². The van der Waals surface area contributed by atoms with Gasteiger partial charge in [-0.25, -0.2) is 4.98 Å². The molecule has 0 aliphatic rings. The predicted molar refractivity (Wildman–Crippen MR) is 71.4 cm³/mol. The van der Waals surface area contributed by atoms with Crippen LogP contribution in [-0.4, -0.2) is 15.1 Å². The molecule has 0 aliphatic heterocycles. The van der Waals surface area contributed by atoms with Gasteiger partial charge in [-0.2, -0.15) is 0 Å². The first-order valence-electron chi connectivity index (χ1n) is 5.68. The number of rotatable bonds is 3. The van der Waals surface area contributed by atoms with Crippen LogP contribution < -0.4 is 11.1 Å². The van der Waals surface area contributed by atoms with Crippen LogP contribution in [0.3, 0.4) is 0 Å². The van der Waals surface area contributed by atoms with Gasteiger partial charge in [-0.1, -0.05) is 0 Å². The summed E-state index contributed by atoms with van der Waals surface area (Å²) in [5.74, 6) is 0.937. The van der Waals surface area contributed by atoms with E-state index in [2.05, 4.69) is 15.3 Å². The second-order valence-electron chi connectivity index (χ2n) is 4.19. The molecule has 1 aromatic heterocycles. The Bertz CT molecular complexity index is 517. The molecule has 0 bridgehead atoms. The maximum absolute atomic E-state index is 9.71. The van der Waals surface area contributed by atoms with Gasteiger partial charge in [-0.3, -0.25) is 4.98 Å². The fourth-order valence-electron chi connectivity index (χ4n) is 1.63. The molecule has 5 nitrogen and oxygen atoms in total. The molecule has 0 atom stereocenters. The number of hydrogen-bond donors (Lipinski definition) is 3. The summed E-state index contributed by atoms with van der Waals surface area (Å²) in [5.41, 5.74) is 8.71. The SMILES string of the molecule is Cc1cnc(C)c(NCc2cc(N)ccc2O)n1. The Morgan fingerprint density at radius 3 is 2.89 bits per heavy atom. The van der Waals surface area contributed by atoms with Crippen LogP contribution in [0.15, 0.2) is 24.4 Å². The number of phenols is 1. The number of nitrogens with zero attached hydrogens (tertiary/aromatic N) is 2. The van der Waals surface area contributed by atoms with Gasteiger partial charge >= 0.3 is 0 Å². The molecule has 1 heterocycles. The Morgan fingerprint density at radius 2 is 2.11 bits per heavy atom. The van der Waals surface area contributed by atoms with E-state index < -0.39 is 0 Å². The van der Waals surface area contributed by atoms with Crippen molar-refractivity contribution in [2.24, 2.45) is 0 Å². The summed E-state index contributed by atoms with van der Waals surface area (Å²) >= 11 is 0. The molecule has 4 N–H and O–H groups in total. The highest BCUT2D eigenvalue weighted by Crippen LogP contribution is 2.21. The van der Waals surface area contributed by atoms with E-state index in [1.165, 1.54) is 0 Å². The number of nitrogens with one attached hydrogen (secondary N) is 1. The van der Waals surface area contributed by atoms with E-state index in [9.17, 15) is 5.11 Å². The van der Waals surface area contributed by atoms with Crippen LogP contribution in [0.2, 0.25) is 0 Å². The zero-order chi connectivity index (χ0) is 13.1. The number of nitrogen functional groups attached to an aromatic ring is 1. The number of hydrogen-bond acceptors (Lipinski definition) is 5. The first-order valence-corrected chi connectivity index (χ1v) is 5.68. The van der Waals surface area contributed by atoms with Gasteiger partial charge in [0.05, 0.1) is 11.4 Å². The first-order chi connectivity index (χ1) is 8.56. The topological polar surface area (TPSA) is 84.1 Å². The number of benzene rings is 1. The molecule has 5 heteroatoms. The second-order valence-corrected chi connectivity index (χ2v) is 4.19. The van der Waals surface area contributed by atoms with Crippen molar-refractivity contribution in [3.05, 3.63) is 41.3 Å². The van der Waals surface area contributed by atoms with Crippen molar-refractivity contribution < 1.29 is 5.11 Å². The summed E-state index contributed by atoms with van der Waals surface area (Å²) in [6.45, 7) is 4.22. The zero-order valence-corrected chi connectivity index (χ0v) is 10.4. The van der Waals surface area contributed by atoms with Crippen LogP contribution in [0.1, 0.15) is 17.0 Å². The minimum atomic E-state index is 0.218. The maximum atomic E-state index is 9.71. The normalized spacial score (nSPS) is 10.3. The lowest BCUT2D eigenvalue weighted by molar-refractivity contribution is 0.469. The Labute approximate surface area is 106 Å². The molecule has 18 heavy (non-hydrogen) atoms. The Balaban J connectivity index is 2.16. The number of phenolic OH excluding ortho intramolecular Hbond substituents is 1. The minimum absolute atomic E-state index is 0.218. The van der Waals surface area contributed by atoms with Crippen molar-refractivity contribution in [3.8, 4) is 5.75 Å². The number of aryl methyl sites for hydroxylation is 2. The number of aromatic nitrogens is 2. The molecule has 0 amide bonds. The highest BCUT2D eigenvalue weighted by molar-refractivity contribution is 5.49. The standard InChI is InChI=1S/C13H16N4O/c1-8-6-15-9(2)13(17-8)16-7-10-5-11(14)3-4-12(10)18/h3-6,18H,7,14H2,1-2H3,(H,16,17). The summed E-state index contributed by atoms with van der Waals surface area (Å²) < 4.78 is 0. The number of nitrogens with two attached hydrogens (primary N) is 1. The third kappa shape index (κ3) is 2.68. The van der Waals surface area contributed by atoms with Crippen LogP contribution >= 0.6 is 0 Å². The van der Waals surface area contributed by atoms with Gasteiger partial charge in [-0.05, 0) is 32.0 Å². The molecular formula is C13H16N4O. The Morgan fingerprint density at radius 1 is 1.33 bits per heavy atom. The van der Waals surface area contributed by atoms with Crippen LogP contribution in [0.5, 0.6) is 5.75 Å². The average Bonchev–Trinajstić information content (AvgIpc) is 2.34. The van der Waals surface area contributed by atoms with Crippen molar-refractivity contribution in [2.75, 3.05) is 11.1 Å². The summed E-state index contributed by atoms with van der Waals surface area (Å²) in [5, 5.41) is 12.9. The smallest absolute Gasteiger partial charge is 0.148 e. The first kappa shape index (κ1) is 12.2. The molecule has 94 valence electrons. The maximum Gasteiger partial charge on any atom is 0.148 e. The monoisotopic (exact) mass is 244 g/mol. The molecule has 0 saturated carbocycles. The van der Waals surface area contributed by atoms with Gasteiger partial charge in [0.25, 0.3) is 0 Å². The minimum Gasteiger partial charge on any atom is -0.508 e. The Hall–Kier alpha value is -2.30. The summed E-state index contributed by atoms with van der Waals surface area (Å²) in [4.78, 5) is 8.57. The van der Waals surface area contributed by atoms with E-state index in [1.807, 2.05) is 13.8 Å². The Kier molecular flexibility index (Phi) is 3.32. The zero-order valence-electron chi connectivity index (χ0n) is 10.4. The van der Waals surface area contributed by atoms with Crippen molar-refractivity contribution in [2.45, 2.75) is 20.4 Å². The van der Waals surface area contributed by atoms with E-state index in [0.717, 1.165) is 22.8 Å². The van der Waals surface area contributed by atoms with Gasteiger partial charge in [0.15, 0.2) is 0 Å². The van der Waals surface area contributed by atoms with Gasteiger partial charge in [0.1, 0.15) is 11.6 Å². The lowest BCUT2D eigenvalue weighted by Crippen LogP contribution is -2.05. The van der Waals surface area contributed by atoms with Crippen molar-refractivity contribution in [1.82, 2.24) is 9.97 Å². The van der Waals surface area contributed by atoms with E-state index in [1.54, 1.807) is 24.4 Å². The second kappa shape index (κ2) is 4.91. The molecule has 0 fully saturated rings. The third-order valence-corrected chi connectivity index (χ3v) is 2.63. The van der Waals surface area contributed by atoms with Crippen LogP contribution in [0.4, 0.5) is 11.5 Å². The highest BCUT2D eigenvalue weighted by atomic mass is 16.3. The van der Waals surface area contributed by atoms with Gasteiger partial charge in [0.2, 0.25) is 0 Å². The summed E-state index contributed by atoms with van der Waals surface area (Å²) in [6.07, 6.45) is 1.72. The van der Waals surface area contributed by atoms with Crippen LogP contribution in [0, 0.1) is 13.8 Å². The summed E-state index contributed by atoms with van der Waals surface area (Å²) in [6, 6.07) is 4.98. The molecule has 2 rings (SSSR count). The molecule has 1 aromatic carbocycles. The van der Waals surface area contributed by atoms with Crippen molar-refractivity contribution in [1.29, 1.82) is 0 Å². The van der Waals surface area contributed by atoms with Crippen LogP contribution in [0.25, 0.3) is 0 Å². The molecular weight excluding hydrogens is 228 g/mol. The van der Waals surface area contributed by atoms with Gasteiger partial charge in [0, 0.05) is 24.0 Å². The lowest BCUT2D eigenvalue weighted by atomic mass is 10.2. The van der Waals surface area contributed by atoms with Crippen molar-refractivity contribution >= 4 is 11.5 Å². The average molecular weight is 244 g/mol. The predicted octanol–water partition coefficient (Wildman–Crippen LogP) is 1.99. The molecule has 0 unspecified atom stereocenters. The fourth-order valence-corrected chi connectivity index (χ4v) is 1.63. The largest absolute Gasteiger partial charge is 0.508 e. The molecule has 0 radical (unpaired) electrons. The third-order valence-electron chi connectivity index (χ3n) is 2.63.